The van der Waals surface area contributed by atoms with Gasteiger partial charge < -0.3 is 5.32 Å². The zero-order valence-electron chi connectivity index (χ0n) is 11.9. The number of amidine groups is 1. The van der Waals surface area contributed by atoms with Crippen LogP contribution in [-0.4, -0.2) is 18.8 Å². The summed E-state index contributed by atoms with van der Waals surface area (Å²) < 4.78 is 0. The Morgan fingerprint density at radius 2 is 1.91 bits per heavy atom. The van der Waals surface area contributed by atoms with E-state index in [1.54, 1.807) is 24.1 Å². The van der Waals surface area contributed by atoms with Gasteiger partial charge in [-0.25, -0.2) is 0 Å². The maximum absolute atomic E-state index is 12.6. The van der Waals surface area contributed by atoms with Gasteiger partial charge in [0.25, 0.3) is 0 Å². The zero-order valence-corrected chi connectivity index (χ0v) is 13.5. The van der Waals surface area contributed by atoms with Crippen molar-refractivity contribution in [1.82, 2.24) is 0 Å². The summed E-state index contributed by atoms with van der Waals surface area (Å²) in [6, 6.07) is 15.0. The van der Waals surface area contributed by atoms with Gasteiger partial charge in [0.1, 0.15) is 5.84 Å². The van der Waals surface area contributed by atoms with Crippen LogP contribution in [0.15, 0.2) is 53.5 Å². The molecule has 0 saturated carbocycles. The van der Waals surface area contributed by atoms with E-state index in [0.29, 0.717) is 10.9 Å². The van der Waals surface area contributed by atoms with Crippen LogP contribution < -0.4 is 10.2 Å². The molecule has 0 radical (unpaired) electrons. The van der Waals surface area contributed by atoms with Crippen molar-refractivity contribution in [1.29, 1.82) is 0 Å². The number of hydrogen-bond donors (Lipinski definition) is 1. The Morgan fingerprint density at radius 1 is 1.18 bits per heavy atom. The molecule has 1 aliphatic heterocycles. The van der Waals surface area contributed by atoms with E-state index in [1.165, 1.54) is 0 Å². The maximum Gasteiger partial charge on any atom is 0.239 e. The van der Waals surface area contributed by atoms with Gasteiger partial charge in [0.2, 0.25) is 5.91 Å². The molecule has 6 heteroatoms. The Morgan fingerprint density at radius 3 is 2.59 bits per heavy atom. The van der Waals surface area contributed by atoms with Crippen molar-refractivity contribution in [3.63, 3.8) is 0 Å². The van der Waals surface area contributed by atoms with E-state index in [-0.39, 0.29) is 24.7 Å². The largest absolute Gasteiger partial charge is 0.342 e. The number of para-hydroxylation sites is 1. The molecule has 0 fully saturated rings. The molecule has 0 aromatic heterocycles. The Kier molecular flexibility index (Phi) is 5.06. The topological polar surface area (TPSA) is 44.7 Å². The van der Waals surface area contributed by atoms with E-state index in [0.717, 1.165) is 17.1 Å². The lowest BCUT2D eigenvalue weighted by molar-refractivity contribution is -0.116. The van der Waals surface area contributed by atoms with E-state index in [2.05, 4.69) is 10.3 Å². The molecule has 0 bridgehead atoms. The number of anilines is 3. The lowest BCUT2D eigenvalue weighted by Gasteiger charge is -2.22. The van der Waals surface area contributed by atoms with Crippen molar-refractivity contribution in [2.45, 2.75) is 6.42 Å². The number of hydrogen-bond acceptors (Lipinski definition) is 2. The Labute approximate surface area is 140 Å². The van der Waals surface area contributed by atoms with Gasteiger partial charge in [-0.05, 0) is 30.3 Å². The lowest BCUT2D eigenvalue weighted by Crippen LogP contribution is -2.26. The third kappa shape index (κ3) is 3.08. The number of rotatable bonds is 1. The molecule has 1 heterocycles. The fourth-order valence-corrected chi connectivity index (χ4v) is 2.51. The second-order valence-corrected chi connectivity index (χ2v) is 5.13. The molecule has 0 aliphatic carbocycles. The molecule has 1 N–H and O–H groups in total. The van der Waals surface area contributed by atoms with Crippen LogP contribution in [0.5, 0.6) is 0 Å². The van der Waals surface area contributed by atoms with Crippen LogP contribution in [0.1, 0.15) is 6.42 Å². The van der Waals surface area contributed by atoms with E-state index < -0.39 is 0 Å². The number of nitrogens with zero attached hydrogens (tertiary/aromatic N) is 2. The fourth-order valence-electron chi connectivity index (χ4n) is 2.35. The Hall–Kier alpha value is -2.04. The number of halogens is 2. The molecular weight excluding hydrogens is 321 g/mol. The Bertz CT molecular complexity index is 717. The lowest BCUT2D eigenvalue weighted by atomic mass is 10.2. The van der Waals surface area contributed by atoms with E-state index in [4.69, 9.17) is 11.6 Å². The molecule has 22 heavy (non-hydrogen) atoms. The minimum Gasteiger partial charge on any atom is -0.342 e. The molecule has 3 rings (SSSR count). The number of fused-ring (bicyclic) bond motifs is 1. The number of carbonyl (C=O) groups is 1. The van der Waals surface area contributed by atoms with Gasteiger partial charge >= 0.3 is 0 Å². The smallest absolute Gasteiger partial charge is 0.239 e. The molecule has 4 nitrogen and oxygen atoms in total. The van der Waals surface area contributed by atoms with Gasteiger partial charge in [0, 0.05) is 17.8 Å². The second-order valence-electron chi connectivity index (χ2n) is 4.70. The molecule has 1 amide bonds. The van der Waals surface area contributed by atoms with E-state index in [9.17, 15) is 4.79 Å². The second kappa shape index (κ2) is 6.81. The number of amides is 1. The quantitative estimate of drug-likeness (QED) is 0.845. The van der Waals surface area contributed by atoms with Crippen molar-refractivity contribution >= 4 is 52.8 Å². The van der Waals surface area contributed by atoms with Crippen LogP contribution in [0, 0.1) is 0 Å². The van der Waals surface area contributed by atoms with Crippen LogP contribution in [0.25, 0.3) is 0 Å². The summed E-state index contributed by atoms with van der Waals surface area (Å²) in [4.78, 5) is 18.4. The molecule has 2 aromatic rings. The van der Waals surface area contributed by atoms with Crippen molar-refractivity contribution in [3.8, 4) is 0 Å². The van der Waals surface area contributed by atoms with Gasteiger partial charge in [-0.15, -0.1) is 12.4 Å². The first-order chi connectivity index (χ1) is 10.2. The average Bonchev–Trinajstić information content (AvgIpc) is 2.63. The number of benzene rings is 2. The molecular formula is C16H15Cl2N3O. The summed E-state index contributed by atoms with van der Waals surface area (Å²) in [5.74, 6) is 0.595. The van der Waals surface area contributed by atoms with Crippen LogP contribution in [0.3, 0.4) is 0 Å². The summed E-state index contributed by atoms with van der Waals surface area (Å²) >= 11 is 6.10. The summed E-state index contributed by atoms with van der Waals surface area (Å²) in [5.41, 5.74) is 2.36. The summed E-state index contributed by atoms with van der Waals surface area (Å²) in [6.07, 6.45) is 0.220. The predicted octanol–water partition coefficient (Wildman–Crippen LogP) is 4.27. The maximum atomic E-state index is 12.6. The molecule has 0 spiro atoms. The van der Waals surface area contributed by atoms with Crippen molar-refractivity contribution in [2.24, 2.45) is 4.99 Å². The predicted molar refractivity (Wildman–Crippen MR) is 93.9 cm³/mol. The normalized spacial score (nSPS) is 15.6. The highest BCUT2D eigenvalue weighted by Crippen LogP contribution is 2.36. The minimum absolute atomic E-state index is 0. The standard InChI is InChI=1S/C16H14ClN3O.ClH/c1-18-15-10-16(21)20(12-5-3-2-4-6-12)14-9-11(17)7-8-13(14)19-15;/h2-9H,10H2,1H3,(H,18,19);1H. The molecule has 0 atom stereocenters. The Balaban J connectivity index is 0.00000176. The molecule has 0 saturated heterocycles. The summed E-state index contributed by atoms with van der Waals surface area (Å²) in [7, 11) is 1.67. The summed E-state index contributed by atoms with van der Waals surface area (Å²) in [6.45, 7) is 0. The molecule has 0 unspecified atom stereocenters. The van der Waals surface area contributed by atoms with Crippen molar-refractivity contribution in [3.05, 3.63) is 53.6 Å². The van der Waals surface area contributed by atoms with Crippen LogP contribution in [0.2, 0.25) is 5.02 Å². The first kappa shape index (κ1) is 16.3. The first-order valence-corrected chi connectivity index (χ1v) is 6.97. The van der Waals surface area contributed by atoms with E-state index >= 15 is 0 Å². The number of aliphatic imine (C=N–C) groups is 1. The third-order valence-corrected chi connectivity index (χ3v) is 3.57. The van der Waals surface area contributed by atoms with Crippen molar-refractivity contribution < 1.29 is 4.79 Å². The SMILES string of the molecule is CN=C1CC(=O)N(c2ccccc2)c2cc(Cl)ccc2N1.Cl. The number of nitrogens with one attached hydrogen (secondary N) is 1. The molecule has 114 valence electrons. The summed E-state index contributed by atoms with van der Waals surface area (Å²) in [5, 5.41) is 3.78. The van der Waals surface area contributed by atoms with E-state index in [1.807, 2.05) is 36.4 Å². The number of carbonyl (C=O) groups excluding carboxylic acids is 1. The minimum atomic E-state index is -0.0460. The highest BCUT2D eigenvalue weighted by Gasteiger charge is 2.26. The third-order valence-electron chi connectivity index (χ3n) is 3.33. The van der Waals surface area contributed by atoms with Gasteiger partial charge in [-0.2, -0.15) is 0 Å². The fraction of sp³-hybridized carbons (Fsp3) is 0.125. The van der Waals surface area contributed by atoms with Crippen LogP contribution in [-0.2, 0) is 4.79 Å². The van der Waals surface area contributed by atoms with Gasteiger partial charge in [0.05, 0.1) is 17.8 Å². The van der Waals surface area contributed by atoms with Crippen LogP contribution >= 0.6 is 24.0 Å². The molecule has 2 aromatic carbocycles. The van der Waals surface area contributed by atoms with Gasteiger partial charge in [-0.1, -0.05) is 29.8 Å². The zero-order chi connectivity index (χ0) is 14.8. The van der Waals surface area contributed by atoms with Crippen molar-refractivity contribution in [2.75, 3.05) is 17.3 Å². The highest BCUT2D eigenvalue weighted by atomic mass is 35.5. The average molecular weight is 336 g/mol. The monoisotopic (exact) mass is 335 g/mol. The molecule has 1 aliphatic rings. The highest BCUT2D eigenvalue weighted by molar-refractivity contribution is 6.31. The van der Waals surface area contributed by atoms with Crippen LogP contribution in [0.4, 0.5) is 17.1 Å². The first-order valence-electron chi connectivity index (χ1n) is 6.59. The van der Waals surface area contributed by atoms with Gasteiger partial charge in [-0.3, -0.25) is 14.7 Å². The van der Waals surface area contributed by atoms with Gasteiger partial charge in [0.15, 0.2) is 0 Å².